The molecule has 1 aliphatic heterocycles. The number of morpholine rings is 1. The molecular formula is C12H21N3O6. The van der Waals surface area contributed by atoms with E-state index in [1.54, 1.807) is 13.8 Å². The molecule has 1 unspecified atom stereocenters. The molecule has 120 valence electrons. The summed E-state index contributed by atoms with van der Waals surface area (Å²) in [5.74, 6) is -1.71. The van der Waals surface area contributed by atoms with Gasteiger partial charge in [0, 0.05) is 12.6 Å². The van der Waals surface area contributed by atoms with E-state index in [4.69, 9.17) is 14.9 Å². The second kappa shape index (κ2) is 7.79. The van der Waals surface area contributed by atoms with Gasteiger partial charge in [-0.2, -0.15) is 0 Å². The second-order valence-electron chi connectivity index (χ2n) is 4.97. The van der Waals surface area contributed by atoms with Crippen molar-refractivity contribution in [3.8, 4) is 0 Å². The number of ether oxygens (including phenoxy) is 1. The third-order valence-electron chi connectivity index (χ3n) is 2.90. The summed E-state index contributed by atoms with van der Waals surface area (Å²) in [6, 6.07) is -3.04. The van der Waals surface area contributed by atoms with Crippen LogP contribution in [0.15, 0.2) is 0 Å². The Kier molecular flexibility index (Phi) is 6.38. The molecule has 1 rings (SSSR count). The third kappa shape index (κ3) is 4.87. The number of carboxylic acids is 1. The highest BCUT2D eigenvalue weighted by molar-refractivity contribution is 5.89. The smallest absolute Gasteiger partial charge is 0.328 e. The number of hydrogen-bond acceptors (Lipinski definition) is 5. The van der Waals surface area contributed by atoms with Crippen molar-refractivity contribution in [1.29, 1.82) is 0 Å². The van der Waals surface area contributed by atoms with Gasteiger partial charge < -0.3 is 30.5 Å². The first kappa shape index (κ1) is 17.2. The molecule has 0 aromatic heterocycles. The minimum atomic E-state index is -1.41. The number of nitrogens with zero attached hydrogens (tertiary/aromatic N) is 1. The molecule has 3 amide bonds. The van der Waals surface area contributed by atoms with Crippen LogP contribution in [0.5, 0.6) is 0 Å². The van der Waals surface area contributed by atoms with Crippen LogP contribution in [0, 0.1) is 0 Å². The molecule has 0 radical (unpaired) electrons. The van der Waals surface area contributed by atoms with Crippen LogP contribution in [-0.4, -0.2) is 77.5 Å². The minimum Gasteiger partial charge on any atom is -0.480 e. The third-order valence-corrected chi connectivity index (χ3v) is 2.90. The van der Waals surface area contributed by atoms with E-state index in [0.717, 1.165) is 0 Å². The number of carbonyl (C=O) groups excluding carboxylic acids is 2. The summed E-state index contributed by atoms with van der Waals surface area (Å²) in [5.41, 5.74) is 0. The summed E-state index contributed by atoms with van der Waals surface area (Å²) in [7, 11) is 0. The van der Waals surface area contributed by atoms with E-state index in [1.165, 1.54) is 4.90 Å². The van der Waals surface area contributed by atoms with Gasteiger partial charge in [-0.3, -0.25) is 4.79 Å². The van der Waals surface area contributed by atoms with Crippen LogP contribution in [0.4, 0.5) is 4.79 Å². The first-order valence-electron chi connectivity index (χ1n) is 6.65. The average Bonchev–Trinajstić information content (AvgIpc) is 2.43. The van der Waals surface area contributed by atoms with Crippen molar-refractivity contribution in [3.05, 3.63) is 0 Å². The van der Waals surface area contributed by atoms with E-state index in [2.05, 4.69) is 10.6 Å². The summed E-state index contributed by atoms with van der Waals surface area (Å²) in [6.45, 7) is 3.32. The Balaban J connectivity index is 2.73. The van der Waals surface area contributed by atoms with E-state index in [9.17, 15) is 14.4 Å². The molecule has 4 N–H and O–H groups in total. The molecule has 1 heterocycles. The number of aliphatic hydroxyl groups excluding tert-OH is 1. The molecule has 0 bridgehead atoms. The molecule has 0 spiro atoms. The lowest BCUT2D eigenvalue weighted by Gasteiger charge is -2.35. The van der Waals surface area contributed by atoms with Crippen molar-refractivity contribution in [2.45, 2.75) is 32.0 Å². The fraction of sp³-hybridized carbons (Fsp3) is 0.750. The maximum absolute atomic E-state index is 12.1. The number of amides is 3. The summed E-state index contributed by atoms with van der Waals surface area (Å²) < 4.78 is 5.20. The predicted molar refractivity (Wildman–Crippen MR) is 71.6 cm³/mol. The van der Waals surface area contributed by atoms with Gasteiger partial charge in [0.25, 0.3) is 0 Å². The molecule has 9 heteroatoms. The van der Waals surface area contributed by atoms with Gasteiger partial charge in [-0.05, 0) is 13.8 Å². The molecule has 0 aromatic carbocycles. The van der Waals surface area contributed by atoms with Crippen LogP contribution in [0.1, 0.15) is 13.8 Å². The Hall–Kier alpha value is -1.87. The summed E-state index contributed by atoms with van der Waals surface area (Å²) in [5, 5.41) is 22.6. The lowest BCUT2D eigenvalue weighted by molar-refractivity contribution is -0.140. The minimum absolute atomic E-state index is 0.0445. The number of aliphatic hydroxyl groups is 1. The number of nitrogens with one attached hydrogen (secondary N) is 2. The van der Waals surface area contributed by atoms with Crippen molar-refractivity contribution in [1.82, 2.24) is 15.5 Å². The standard InChI is InChI=1S/C12H21N3O6/c1-7(2)13-10(17)9-6-21-4-3-15(9)12(20)14-8(5-16)11(18)19/h7-9,16H,3-6H2,1-2H3,(H,13,17)(H,14,20)(H,18,19)/t8-,9?/m0/s1. The topological polar surface area (TPSA) is 128 Å². The second-order valence-corrected chi connectivity index (χ2v) is 4.97. The zero-order chi connectivity index (χ0) is 16.0. The maximum atomic E-state index is 12.1. The molecule has 0 aromatic rings. The number of carboxylic acid groups (broad SMARTS) is 1. The first-order valence-corrected chi connectivity index (χ1v) is 6.65. The predicted octanol–water partition coefficient (Wildman–Crippen LogP) is -1.63. The van der Waals surface area contributed by atoms with E-state index in [-0.39, 0.29) is 31.7 Å². The van der Waals surface area contributed by atoms with Crippen LogP contribution in [-0.2, 0) is 14.3 Å². The highest BCUT2D eigenvalue weighted by atomic mass is 16.5. The van der Waals surface area contributed by atoms with E-state index >= 15 is 0 Å². The lowest BCUT2D eigenvalue weighted by atomic mass is 10.2. The number of rotatable bonds is 5. The molecule has 0 saturated carbocycles. The number of urea groups is 1. The van der Waals surface area contributed by atoms with Crippen molar-refractivity contribution < 1.29 is 29.3 Å². The van der Waals surface area contributed by atoms with Gasteiger partial charge in [0.15, 0.2) is 6.04 Å². The molecule has 2 atom stereocenters. The van der Waals surface area contributed by atoms with Gasteiger partial charge in [-0.1, -0.05) is 0 Å². The lowest BCUT2D eigenvalue weighted by Crippen LogP contribution is -2.60. The molecule has 21 heavy (non-hydrogen) atoms. The van der Waals surface area contributed by atoms with Crippen LogP contribution >= 0.6 is 0 Å². The molecular weight excluding hydrogens is 282 g/mol. The fourth-order valence-electron chi connectivity index (χ4n) is 1.86. The van der Waals surface area contributed by atoms with E-state index < -0.39 is 30.7 Å². The highest BCUT2D eigenvalue weighted by Gasteiger charge is 2.34. The monoisotopic (exact) mass is 303 g/mol. The van der Waals surface area contributed by atoms with Gasteiger partial charge in [0.2, 0.25) is 5.91 Å². The van der Waals surface area contributed by atoms with Crippen molar-refractivity contribution in [3.63, 3.8) is 0 Å². The van der Waals surface area contributed by atoms with E-state index in [0.29, 0.717) is 0 Å². The van der Waals surface area contributed by atoms with Crippen molar-refractivity contribution in [2.24, 2.45) is 0 Å². The van der Waals surface area contributed by atoms with Crippen LogP contribution in [0.3, 0.4) is 0 Å². The van der Waals surface area contributed by atoms with Crippen LogP contribution in [0.25, 0.3) is 0 Å². The zero-order valence-electron chi connectivity index (χ0n) is 12.0. The normalized spacial score (nSPS) is 20.0. The summed E-state index contributed by atoms with van der Waals surface area (Å²) in [6.07, 6.45) is 0. The number of hydrogen-bond donors (Lipinski definition) is 4. The quantitative estimate of drug-likeness (QED) is 0.482. The molecule has 0 aliphatic carbocycles. The van der Waals surface area contributed by atoms with Gasteiger partial charge in [0.05, 0.1) is 19.8 Å². The highest BCUT2D eigenvalue weighted by Crippen LogP contribution is 2.08. The Labute approximate surface area is 122 Å². The summed E-state index contributed by atoms with van der Waals surface area (Å²) >= 11 is 0. The van der Waals surface area contributed by atoms with Crippen LogP contribution < -0.4 is 10.6 Å². The molecule has 9 nitrogen and oxygen atoms in total. The molecule has 1 saturated heterocycles. The average molecular weight is 303 g/mol. The number of carbonyl (C=O) groups is 3. The molecule has 1 fully saturated rings. The van der Waals surface area contributed by atoms with Crippen molar-refractivity contribution in [2.75, 3.05) is 26.4 Å². The van der Waals surface area contributed by atoms with Crippen LogP contribution in [0.2, 0.25) is 0 Å². The first-order chi connectivity index (χ1) is 9.86. The largest absolute Gasteiger partial charge is 0.480 e. The SMILES string of the molecule is CC(C)NC(=O)C1COCCN1C(=O)N[C@@H](CO)C(=O)O. The Morgan fingerprint density at radius 2 is 2.00 bits per heavy atom. The number of aliphatic carboxylic acids is 1. The van der Waals surface area contributed by atoms with Crippen molar-refractivity contribution >= 4 is 17.9 Å². The summed E-state index contributed by atoms with van der Waals surface area (Å²) in [4.78, 5) is 36.1. The van der Waals surface area contributed by atoms with Gasteiger partial charge in [-0.25, -0.2) is 9.59 Å². The Bertz CT molecular complexity index is 400. The van der Waals surface area contributed by atoms with Gasteiger partial charge in [-0.15, -0.1) is 0 Å². The van der Waals surface area contributed by atoms with Gasteiger partial charge in [0.1, 0.15) is 6.04 Å². The Morgan fingerprint density at radius 1 is 1.33 bits per heavy atom. The Morgan fingerprint density at radius 3 is 2.52 bits per heavy atom. The van der Waals surface area contributed by atoms with Gasteiger partial charge >= 0.3 is 12.0 Å². The zero-order valence-corrected chi connectivity index (χ0v) is 12.0. The fourth-order valence-corrected chi connectivity index (χ4v) is 1.86. The molecule has 1 aliphatic rings. The van der Waals surface area contributed by atoms with E-state index in [1.807, 2.05) is 0 Å². The maximum Gasteiger partial charge on any atom is 0.328 e.